The summed E-state index contributed by atoms with van der Waals surface area (Å²) in [6.07, 6.45) is -0.311. The number of carbonyl (C=O) groups excluding carboxylic acids is 3. The Labute approximate surface area is 147 Å². The standard InChI is InChI=1S/C18H25NO6/c1-18(2,3)25-16(21)10-14(17(22)23-4)19-15(20)12-24-11-13-8-6-5-7-9-13/h5-9,14H,10-12H2,1-4H3,(H,19,20)/t14-/m0/s1. The molecule has 0 aliphatic rings. The van der Waals surface area contributed by atoms with Gasteiger partial charge in [-0.3, -0.25) is 9.59 Å². The van der Waals surface area contributed by atoms with E-state index in [1.54, 1.807) is 20.8 Å². The minimum absolute atomic E-state index is 0.239. The molecule has 0 fully saturated rings. The molecule has 0 heterocycles. The maximum absolute atomic E-state index is 11.9. The van der Waals surface area contributed by atoms with Gasteiger partial charge in [-0.2, -0.15) is 0 Å². The molecular formula is C18H25NO6. The molecule has 0 saturated carbocycles. The second kappa shape index (κ2) is 9.78. The first-order chi connectivity index (χ1) is 11.7. The van der Waals surface area contributed by atoms with E-state index in [1.165, 1.54) is 7.11 Å². The number of hydrogen-bond donors (Lipinski definition) is 1. The first kappa shape index (κ1) is 20.6. The highest BCUT2D eigenvalue weighted by Crippen LogP contribution is 2.10. The minimum atomic E-state index is -1.12. The molecular weight excluding hydrogens is 326 g/mol. The maximum atomic E-state index is 11.9. The van der Waals surface area contributed by atoms with Gasteiger partial charge in [0.1, 0.15) is 18.2 Å². The average molecular weight is 351 g/mol. The summed E-state index contributed by atoms with van der Waals surface area (Å²) < 4.78 is 15.1. The smallest absolute Gasteiger partial charge is 0.328 e. The van der Waals surface area contributed by atoms with E-state index >= 15 is 0 Å². The van der Waals surface area contributed by atoms with Crippen LogP contribution in [0, 0.1) is 0 Å². The zero-order valence-electron chi connectivity index (χ0n) is 15.0. The number of amides is 1. The quantitative estimate of drug-likeness (QED) is 0.715. The molecule has 1 aromatic rings. The lowest BCUT2D eigenvalue weighted by molar-refractivity contribution is -0.159. The van der Waals surface area contributed by atoms with Gasteiger partial charge < -0.3 is 19.5 Å². The Balaban J connectivity index is 2.49. The van der Waals surface area contributed by atoms with Crippen molar-refractivity contribution >= 4 is 17.8 Å². The molecule has 1 N–H and O–H groups in total. The SMILES string of the molecule is COC(=O)[C@H](CC(=O)OC(C)(C)C)NC(=O)COCc1ccccc1. The summed E-state index contributed by atoms with van der Waals surface area (Å²) >= 11 is 0. The fraction of sp³-hybridized carbons (Fsp3) is 0.500. The van der Waals surface area contributed by atoms with Crippen molar-refractivity contribution < 1.29 is 28.6 Å². The molecule has 1 rings (SSSR count). The van der Waals surface area contributed by atoms with Gasteiger partial charge in [-0.25, -0.2) is 4.79 Å². The Bertz CT molecular complexity index is 579. The van der Waals surface area contributed by atoms with Gasteiger partial charge in [-0.1, -0.05) is 30.3 Å². The van der Waals surface area contributed by atoms with Gasteiger partial charge in [0, 0.05) is 0 Å². The van der Waals surface area contributed by atoms with Crippen molar-refractivity contribution in [3.8, 4) is 0 Å². The van der Waals surface area contributed by atoms with Crippen molar-refractivity contribution in [3.05, 3.63) is 35.9 Å². The van der Waals surface area contributed by atoms with Gasteiger partial charge in [0.2, 0.25) is 5.91 Å². The lowest BCUT2D eigenvalue weighted by Crippen LogP contribution is -2.45. The van der Waals surface area contributed by atoms with Gasteiger partial charge >= 0.3 is 11.9 Å². The molecule has 7 nitrogen and oxygen atoms in total. The largest absolute Gasteiger partial charge is 0.467 e. The molecule has 0 aliphatic carbocycles. The van der Waals surface area contributed by atoms with E-state index in [0.29, 0.717) is 0 Å². The van der Waals surface area contributed by atoms with Crippen LogP contribution in [-0.4, -0.2) is 43.2 Å². The predicted molar refractivity (Wildman–Crippen MR) is 90.5 cm³/mol. The Morgan fingerprint density at radius 2 is 1.76 bits per heavy atom. The molecule has 0 radical (unpaired) electrons. The fourth-order valence-corrected chi connectivity index (χ4v) is 1.96. The van der Waals surface area contributed by atoms with Crippen molar-refractivity contribution in [2.75, 3.05) is 13.7 Å². The molecule has 25 heavy (non-hydrogen) atoms. The summed E-state index contributed by atoms with van der Waals surface area (Å²) in [4.78, 5) is 35.6. The maximum Gasteiger partial charge on any atom is 0.328 e. The monoisotopic (exact) mass is 351 g/mol. The second-order valence-corrected chi connectivity index (χ2v) is 6.41. The van der Waals surface area contributed by atoms with Crippen LogP contribution in [-0.2, 0) is 35.2 Å². The van der Waals surface area contributed by atoms with Crippen LogP contribution in [0.25, 0.3) is 0 Å². The molecule has 1 atom stereocenters. The third kappa shape index (κ3) is 8.85. The number of esters is 2. The van der Waals surface area contributed by atoms with E-state index < -0.39 is 29.5 Å². The molecule has 0 unspecified atom stereocenters. The lowest BCUT2D eigenvalue weighted by Gasteiger charge is -2.22. The molecule has 7 heteroatoms. The fourth-order valence-electron chi connectivity index (χ4n) is 1.96. The number of methoxy groups -OCH3 is 1. The predicted octanol–water partition coefficient (Wildman–Crippen LogP) is 1.59. The van der Waals surface area contributed by atoms with Crippen molar-refractivity contribution in [1.29, 1.82) is 0 Å². The van der Waals surface area contributed by atoms with Crippen molar-refractivity contribution in [3.63, 3.8) is 0 Å². The van der Waals surface area contributed by atoms with Crippen molar-refractivity contribution in [1.82, 2.24) is 5.32 Å². The molecule has 1 aromatic carbocycles. The molecule has 0 bridgehead atoms. The molecule has 0 spiro atoms. The van der Waals surface area contributed by atoms with Crippen LogP contribution in [0.15, 0.2) is 30.3 Å². The number of carbonyl (C=O) groups is 3. The number of rotatable bonds is 8. The highest BCUT2D eigenvalue weighted by Gasteiger charge is 2.27. The zero-order valence-corrected chi connectivity index (χ0v) is 15.0. The highest BCUT2D eigenvalue weighted by molar-refractivity contribution is 5.88. The van der Waals surface area contributed by atoms with Crippen LogP contribution in [0.3, 0.4) is 0 Å². The van der Waals surface area contributed by atoms with Gasteiger partial charge in [0.05, 0.1) is 20.1 Å². The molecule has 0 aromatic heterocycles. The summed E-state index contributed by atoms with van der Waals surface area (Å²) in [7, 11) is 1.18. The first-order valence-corrected chi connectivity index (χ1v) is 7.92. The number of nitrogens with one attached hydrogen (secondary N) is 1. The number of hydrogen-bond acceptors (Lipinski definition) is 6. The van der Waals surface area contributed by atoms with E-state index in [4.69, 9.17) is 9.47 Å². The summed E-state index contributed by atoms with van der Waals surface area (Å²) in [6, 6.07) is 8.25. The van der Waals surface area contributed by atoms with Gasteiger partial charge in [-0.15, -0.1) is 0 Å². The van der Waals surface area contributed by atoms with E-state index in [-0.39, 0.29) is 19.6 Å². The summed E-state index contributed by atoms with van der Waals surface area (Å²) in [5.74, 6) is -1.84. The van der Waals surface area contributed by atoms with Crippen LogP contribution in [0.4, 0.5) is 0 Å². The van der Waals surface area contributed by atoms with E-state index in [2.05, 4.69) is 10.1 Å². The van der Waals surface area contributed by atoms with Crippen molar-refractivity contribution in [2.24, 2.45) is 0 Å². The Morgan fingerprint density at radius 3 is 2.32 bits per heavy atom. The zero-order chi connectivity index (χ0) is 18.9. The minimum Gasteiger partial charge on any atom is -0.467 e. The summed E-state index contributed by atoms with van der Waals surface area (Å²) in [6.45, 7) is 5.18. The van der Waals surface area contributed by atoms with Gasteiger partial charge in [0.25, 0.3) is 0 Å². The summed E-state index contributed by atoms with van der Waals surface area (Å²) in [5, 5.41) is 2.43. The third-order valence-corrected chi connectivity index (χ3v) is 2.96. The Hall–Kier alpha value is -2.41. The molecule has 138 valence electrons. The Kier molecular flexibility index (Phi) is 8.07. The first-order valence-electron chi connectivity index (χ1n) is 7.92. The second-order valence-electron chi connectivity index (χ2n) is 6.41. The number of ether oxygens (including phenoxy) is 3. The third-order valence-electron chi connectivity index (χ3n) is 2.96. The van der Waals surface area contributed by atoms with Gasteiger partial charge in [0.15, 0.2) is 0 Å². The highest BCUT2D eigenvalue weighted by atomic mass is 16.6. The van der Waals surface area contributed by atoms with E-state index in [1.807, 2.05) is 30.3 Å². The van der Waals surface area contributed by atoms with Crippen LogP contribution >= 0.6 is 0 Å². The molecule has 0 saturated heterocycles. The van der Waals surface area contributed by atoms with E-state index in [0.717, 1.165) is 5.56 Å². The van der Waals surface area contributed by atoms with Crippen LogP contribution in [0.2, 0.25) is 0 Å². The van der Waals surface area contributed by atoms with E-state index in [9.17, 15) is 14.4 Å². The normalized spacial score (nSPS) is 12.2. The lowest BCUT2D eigenvalue weighted by atomic mass is 10.1. The molecule has 0 aliphatic heterocycles. The van der Waals surface area contributed by atoms with Crippen LogP contribution in [0.1, 0.15) is 32.8 Å². The van der Waals surface area contributed by atoms with Crippen molar-refractivity contribution in [2.45, 2.75) is 45.4 Å². The topological polar surface area (TPSA) is 90.9 Å². The Morgan fingerprint density at radius 1 is 1.12 bits per heavy atom. The molecule has 1 amide bonds. The summed E-state index contributed by atoms with van der Waals surface area (Å²) in [5.41, 5.74) is 0.245. The van der Waals surface area contributed by atoms with Crippen LogP contribution < -0.4 is 5.32 Å². The average Bonchev–Trinajstić information content (AvgIpc) is 2.52. The number of benzene rings is 1. The van der Waals surface area contributed by atoms with Gasteiger partial charge in [-0.05, 0) is 26.3 Å². The van der Waals surface area contributed by atoms with Crippen LogP contribution in [0.5, 0.6) is 0 Å².